The Labute approximate surface area is 133 Å². The van der Waals surface area contributed by atoms with Gasteiger partial charge >= 0.3 is 0 Å². The second-order valence-electron chi connectivity index (χ2n) is 5.50. The second kappa shape index (κ2) is 6.60. The smallest absolute Gasteiger partial charge is 0.252 e. The molecule has 0 aromatic heterocycles. The Kier molecular flexibility index (Phi) is 4.37. The maximum atomic E-state index is 13.2. The van der Waals surface area contributed by atoms with Crippen molar-refractivity contribution in [3.63, 3.8) is 0 Å². The van der Waals surface area contributed by atoms with Gasteiger partial charge in [-0.3, -0.25) is 9.59 Å². The van der Waals surface area contributed by atoms with Crippen LogP contribution >= 0.6 is 0 Å². The fraction of sp³-hybridized carbons (Fsp3) is 0.222. The molecule has 0 radical (unpaired) electrons. The monoisotopic (exact) mass is 312 g/mol. The lowest BCUT2D eigenvalue weighted by Crippen LogP contribution is -2.52. The Balaban J connectivity index is 1.73. The fourth-order valence-corrected chi connectivity index (χ4v) is 2.74. The molecule has 2 amide bonds. The molecule has 0 aliphatic carbocycles. The van der Waals surface area contributed by atoms with Gasteiger partial charge in [-0.05, 0) is 43.2 Å². The average Bonchev–Trinajstić information content (AvgIpc) is 2.57. The Morgan fingerprint density at radius 3 is 2.65 bits per heavy atom. The van der Waals surface area contributed by atoms with E-state index in [1.54, 1.807) is 4.90 Å². The standard InChI is InChI=1S/C18H17FN2O2/c19-14-7-4-6-13(12-14)17(22)20-16-10-5-11-21(18(16)23)15-8-2-1-3-9-15/h1-4,6-9,12,16H,5,10-11H2,(H,20,22)/t16-/m1/s1. The highest BCUT2D eigenvalue weighted by Gasteiger charge is 2.30. The third-order valence-corrected chi connectivity index (χ3v) is 3.90. The lowest BCUT2D eigenvalue weighted by atomic mass is 10.0. The van der Waals surface area contributed by atoms with Crippen molar-refractivity contribution < 1.29 is 14.0 Å². The topological polar surface area (TPSA) is 49.4 Å². The van der Waals surface area contributed by atoms with E-state index in [4.69, 9.17) is 0 Å². The quantitative estimate of drug-likeness (QED) is 0.947. The lowest BCUT2D eigenvalue weighted by Gasteiger charge is -2.32. The molecular weight excluding hydrogens is 295 g/mol. The van der Waals surface area contributed by atoms with E-state index in [1.165, 1.54) is 18.2 Å². The van der Waals surface area contributed by atoms with Crippen LogP contribution in [-0.4, -0.2) is 24.4 Å². The zero-order valence-electron chi connectivity index (χ0n) is 12.5. The molecule has 1 heterocycles. The Morgan fingerprint density at radius 1 is 1.13 bits per heavy atom. The SMILES string of the molecule is O=C(N[C@@H]1CCCN(c2ccccc2)C1=O)c1cccc(F)c1. The number of amides is 2. The maximum Gasteiger partial charge on any atom is 0.252 e. The number of hydrogen-bond acceptors (Lipinski definition) is 2. The summed E-state index contributed by atoms with van der Waals surface area (Å²) in [7, 11) is 0. The highest BCUT2D eigenvalue weighted by atomic mass is 19.1. The average molecular weight is 312 g/mol. The van der Waals surface area contributed by atoms with Crippen LogP contribution in [0.5, 0.6) is 0 Å². The molecule has 0 spiro atoms. The number of nitrogens with zero attached hydrogens (tertiary/aromatic N) is 1. The van der Waals surface area contributed by atoms with E-state index < -0.39 is 17.8 Å². The summed E-state index contributed by atoms with van der Waals surface area (Å²) in [5, 5.41) is 2.72. The molecule has 4 nitrogen and oxygen atoms in total. The second-order valence-corrected chi connectivity index (χ2v) is 5.50. The highest BCUT2D eigenvalue weighted by molar-refractivity contribution is 6.02. The number of anilines is 1. The molecule has 1 atom stereocenters. The van der Waals surface area contributed by atoms with Crippen molar-refractivity contribution in [1.29, 1.82) is 0 Å². The Morgan fingerprint density at radius 2 is 1.91 bits per heavy atom. The van der Waals surface area contributed by atoms with Crippen molar-refractivity contribution in [2.45, 2.75) is 18.9 Å². The van der Waals surface area contributed by atoms with Gasteiger partial charge in [-0.1, -0.05) is 24.3 Å². The van der Waals surface area contributed by atoms with E-state index >= 15 is 0 Å². The van der Waals surface area contributed by atoms with Crippen LogP contribution in [0.4, 0.5) is 10.1 Å². The van der Waals surface area contributed by atoms with E-state index in [-0.39, 0.29) is 11.5 Å². The summed E-state index contributed by atoms with van der Waals surface area (Å²) in [5.41, 5.74) is 1.04. The minimum atomic E-state index is -0.584. The van der Waals surface area contributed by atoms with Crippen molar-refractivity contribution in [2.75, 3.05) is 11.4 Å². The third kappa shape index (κ3) is 3.39. The molecule has 0 saturated carbocycles. The first-order valence-corrected chi connectivity index (χ1v) is 7.58. The predicted molar refractivity (Wildman–Crippen MR) is 85.7 cm³/mol. The van der Waals surface area contributed by atoms with Gasteiger partial charge in [0.2, 0.25) is 5.91 Å². The van der Waals surface area contributed by atoms with Crippen LogP contribution in [0.25, 0.3) is 0 Å². The van der Waals surface area contributed by atoms with E-state index in [2.05, 4.69) is 5.32 Å². The largest absolute Gasteiger partial charge is 0.340 e. The first kappa shape index (κ1) is 15.2. The van der Waals surface area contributed by atoms with Gasteiger partial charge in [0.25, 0.3) is 5.91 Å². The highest BCUT2D eigenvalue weighted by Crippen LogP contribution is 2.21. The summed E-state index contributed by atoms with van der Waals surface area (Å²) in [6, 6.07) is 14.2. The lowest BCUT2D eigenvalue weighted by molar-refractivity contribution is -0.121. The van der Waals surface area contributed by atoms with Gasteiger partial charge < -0.3 is 10.2 Å². The van der Waals surface area contributed by atoms with Gasteiger partial charge in [0.05, 0.1) is 0 Å². The maximum absolute atomic E-state index is 13.2. The minimum absolute atomic E-state index is 0.132. The molecular formula is C18H17FN2O2. The van der Waals surface area contributed by atoms with Crippen molar-refractivity contribution in [2.24, 2.45) is 0 Å². The summed E-state index contributed by atoms with van der Waals surface area (Å²) in [4.78, 5) is 26.5. The van der Waals surface area contributed by atoms with Gasteiger partial charge in [-0.2, -0.15) is 0 Å². The van der Waals surface area contributed by atoms with Gasteiger partial charge in [0.1, 0.15) is 11.9 Å². The number of rotatable bonds is 3. The van der Waals surface area contributed by atoms with Crippen LogP contribution in [0, 0.1) is 5.82 Å². The van der Waals surface area contributed by atoms with Crippen LogP contribution in [0.15, 0.2) is 54.6 Å². The molecule has 1 aliphatic rings. The first-order valence-electron chi connectivity index (χ1n) is 7.58. The molecule has 1 fully saturated rings. The number of para-hydroxylation sites is 1. The van der Waals surface area contributed by atoms with Crippen molar-refractivity contribution in [3.05, 3.63) is 66.0 Å². The molecule has 1 N–H and O–H groups in total. The van der Waals surface area contributed by atoms with Crippen LogP contribution in [-0.2, 0) is 4.79 Å². The van der Waals surface area contributed by atoms with Gasteiger partial charge in [0, 0.05) is 17.8 Å². The summed E-state index contributed by atoms with van der Waals surface area (Å²) in [5.74, 6) is -1.04. The van der Waals surface area contributed by atoms with Crippen LogP contribution in [0.1, 0.15) is 23.2 Å². The molecule has 3 rings (SSSR count). The molecule has 5 heteroatoms. The molecule has 1 saturated heterocycles. The normalized spacial score (nSPS) is 17.9. The van der Waals surface area contributed by atoms with Gasteiger partial charge in [-0.25, -0.2) is 4.39 Å². The van der Waals surface area contributed by atoms with Crippen LogP contribution in [0.2, 0.25) is 0 Å². The number of hydrogen-bond donors (Lipinski definition) is 1. The number of carbonyl (C=O) groups excluding carboxylic acids is 2. The molecule has 2 aromatic rings. The first-order chi connectivity index (χ1) is 11.1. The third-order valence-electron chi connectivity index (χ3n) is 3.90. The van der Waals surface area contributed by atoms with Gasteiger partial charge in [-0.15, -0.1) is 0 Å². The molecule has 1 aliphatic heterocycles. The van der Waals surface area contributed by atoms with E-state index in [0.29, 0.717) is 13.0 Å². The predicted octanol–water partition coefficient (Wildman–Crippen LogP) is 2.75. The van der Waals surface area contributed by atoms with Crippen LogP contribution < -0.4 is 10.2 Å². The van der Waals surface area contributed by atoms with Crippen LogP contribution in [0.3, 0.4) is 0 Å². The molecule has 0 unspecified atom stereocenters. The molecule has 118 valence electrons. The zero-order chi connectivity index (χ0) is 16.2. The number of benzene rings is 2. The van der Waals surface area contributed by atoms with E-state index in [0.717, 1.165) is 18.2 Å². The number of carbonyl (C=O) groups is 2. The van der Waals surface area contributed by atoms with Crippen molar-refractivity contribution in [3.8, 4) is 0 Å². The van der Waals surface area contributed by atoms with Gasteiger partial charge in [0.15, 0.2) is 0 Å². The minimum Gasteiger partial charge on any atom is -0.340 e. The van der Waals surface area contributed by atoms with E-state index in [1.807, 2.05) is 30.3 Å². The molecule has 23 heavy (non-hydrogen) atoms. The molecule has 0 bridgehead atoms. The molecule has 2 aromatic carbocycles. The van der Waals surface area contributed by atoms with E-state index in [9.17, 15) is 14.0 Å². The number of nitrogens with one attached hydrogen (secondary N) is 1. The summed E-state index contributed by atoms with van der Waals surface area (Å²) in [6.07, 6.45) is 1.39. The summed E-state index contributed by atoms with van der Waals surface area (Å²) >= 11 is 0. The van der Waals surface area contributed by atoms with Crippen molar-refractivity contribution in [1.82, 2.24) is 5.32 Å². The summed E-state index contributed by atoms with van der Waals surface area (Å²) in [6.45, 7) is 0.634. The number of halogens is 1. The fourth-order valence-electron chi connectivity index (χ4n) is 2.74. The number of piperidine rings is 1. The van der Waals surface area contributed by atoms with Crippen molar-refractivity contribution >= 4 is 17.5 Å². The Bertz CT molecular complexity index is 718. The zero-order valence-corrected chi connectivity index (χ0v) is 12.5. The summed E-state index contributed by atoms with van der Waals surface area (Å²) < 4.78 is 13.2. The Hall–Kier alpha value is -2.69.